The van der Waals surface area contributed by atoms with Gasteiger partial charge in [-0.1, -0.05) is 0 Å². The summed E-state index contributed by atoms with van der Waals surface area (Å²) in [5.41, 5.74) is 0. The van der Waals surface area contributed by atoms with Crippen LogP contribution >= 0.6 is 27.3 Å². The summed E-state index contributed by atoms with van der Waals surface area (Å²) >= 11 is 4.11. The maximum atomic E-state index is 12.7. The second kappa shape index (κ2) is 5.34. The predicted molar refractivity (Wildman–Crippen MR) is 69.6 cm³/mol. The Bertz CT molecular complexity index is 555. The molecule has 1 unspecified atom stereocenters. The molecule has 0 aromatic carbocycles. The lowest BCUT2D eigenvalue weighted by atomic mass is 9.99. The first-order valence-electron chi connectivity index (χ1n) is 5.53. The Kier molecular flexibility index (Phi) is 4.29. The van der Waals surface area contributed by atoms with Gasteiger partial charge in [-0.15, -0.1) is 11.3 Å². The molecule has 2 heterocycles. The van der Waals surface area contributed by atoms with E-state index >= 15 is 0 Å². The number of alkyl halides is 3. The predicted octanol–water partition coefficient (Wildman–Crippen LogP) is 3.47. The highest BCUT2D eigenvalue weighted by atomic mass is 79.9. The largest absolute Gasteiger partial charge is 0.393 e. The molecule has 0 N–H and O–H groups in total. The number of thiophene rings is 1. The van der Waals surface area contributed by atoms with E-state index < -0.39 is 28.7 Å². The molecule has 1 aliphatic rings. The van der Waals surface area contributed by atoms with Gasteiger partial charge in [-0.3, -0.25) is 0 Å². The highest BCUT2D eigenvalue weighted by Crippen LogP contribution is 2.37. The lowest BCUT2D eigenvalue weighted by Gasteiger charge is -2.32. The van der Waals surface area contributed by atoms with E-state index in [-0.39, 0.29) is 23.6 Å². The van der Waals surface area contributed by atoms with Crippen LogP contribution in [0.3, 0.4) is 0 Å². The zero-order chi connectivity index (χ0) is 14.3. The van der Waals surface area contributed by atoms with Gasteiger partial charge in [0.2, 0.25) is 0 Å². The standard InChI is InChI=1S/C10H11BrF3NO2S2/c11-8-3-5-18-9(8)19(16,17)15-4-1-2-7(6-15)10(12,13)14/h3,5,7H,1-2,4,6H2. The molecule has 1 aromatic heterocycles. The molecule has 0 aliphatic carbocycles. The van der Waals surface area contributed by atoms with E-state index in [2.05, 4.69) is 15.9 Å². The van der Waals surface area contributed by atoms with E-state index in [1.54, 1.807) is 11.4 Å². The maximum Gasteiger partial charge on any atom is 0.393 e. The number of halogens is 4. The summed E-state index contributed by atoms with van der Waals surface area (Å²) < 4.78 is 64.0. The van der Waals surface area contributed by atoms with Crippen molar-refractivity contribution in [3.8, 4) is 0 Å². The average Bonchev–Trinajstić information content (AvgIpc) is 2.75. The zero-order valence-electron chi connectivity index (χ0n) is 9.65. The van der Waals surface area contributed by atoms with Gasteiger partial charge in [0.1, 0.15) is 4.21 Å². The fourth-order valence-electron chi connectivity index (χ4n) is 2.01. The van der Waals surface area contributed by atoms with Crippen LogP contribution in [0.25, 0.3) is 0 Å². The summed E-state index contributed by atoms with van der Waals surface area (Å²) in [6.07, 6.45) is -4.13. The summed E-state index contributed by atoms with van der Waals surface area (Å²) in [6.45, 7) is -0.352. The van der Waals surface area contributed by atoms with E-state index in [1.807, 2.05) is 0 Å². The summed E-state index contributed by atoms with van der Waals surface area (Å²) in [6, 6.07) is 1.57. The number of rotatable bonds is 2. The van der Waals surface area contributed by atoms with Crippen molar-refractivity contribution >= 4 is 37.3 Å². The molecule has 0 radical (unpaired) electrons. The van der Waals surface area contributed by atoms with Gasteiger partial charge >= 0.3 is 6.18 Å². The number of hydrogen-bond acceptors (Lipinski definition) is 3. The Hall–Kier alpha value is -0.120. The maximum absolute atomic E-state index is 12.7. The Morgan fingerprint density at radius 3 is 2.63 bits per heavy atom. The molecular weight excluding hydrogens is 367 g/mol. The van der Waals surface area contributed by atoms with E-state index in [4.69, 9.17) is 0 Å². The third-order valence-corrected chi connectivity index (χ3v) is 7.52. The third-order valence-electron chi connectivity index (χ3n) is 3.01. The number of sulfonamides is 1. The normalized spacial score (nSPS) is 22.6. The number of piperidine rings is 1. The highest BCUT2D eigenvalue weighted by molar-refractivity contribution is 9.10. The molecule has 1 fully saturated rings. The van der Waals surface area contributed by atoms with Gasteiger partial charge in [-0.05, 0) is 40.2 Å². The second-order valence-corrected chi connectivity index (χ2v) is 8.20. The number of hydrogen-bond donors (Lipinski definition) is 0. The van der Waals surface area contributed by atoms with Crippen molar-refractivity contribution in [2.75, 3.05) is 13.1 Å². The third kappa shape index (κ3) is 3.14. The molecule has 9 heteroatoms. The van der Waals surface area contributed by atoms with Crippen LogP contribution in [0, 0.1) is 5.92 Å². The van der Waals surface area contributed by atoms with E-state index in [0.29, 0.717) is 4.47 Å². The minimum absolute atomic E-state index is 0.0128. The van der Waals surface area contributed by atoms with Crippen molar-refractivity contribution in [2.24, 2.45) is 5.92 Å². The molecule has 1 atom stereocenters. The first kappa shape index (κ1) is 15.3. The van der Waals surface area contributed by atoms with Crippen molar-refractivity contribution in [3.05, 3.63) is 15.9 Å². The summed E-state index contributed by atoms with van der Waals surface area (Å²) in [4.78, 5) is 0. The summed E-state index contributed by atoms with van der Waals surface area (Å²) in [5, 5.41) is 1.59. The molecule has 1 saturated heterocycles. The molecular formula is C10H11BrF3NO2S2. The van der Waals surface area contributed by atoms with Crippen molar-refractivity contribution in [1.82, 2.24) is 4.31 Å². The first-order chi connectivity index (χ1) is 8.73. The average molecular weight is 378 g/mol. The van der Waals surface area contributed by atoms with E-state index in [1.165, 1.54) is 0 Å². The van der Waals surface area contributed by atoms with Crippen molar-refractivity contribution in [1.29, 1.82) is 0 Å². The monoisotopic (exact) mass is 377 g/mol. The second-order valence-electron chi connectivity index (χ2n) is 4.30. The van der Waals surface area contributed by atoms with Gasteiger partial charge in [0, 0.05) is 17.6 Å². The van der Waals surface area contributed by atoms with Crippen LogP contribution in [0.1, 0.15) is 12.8 Å². The Morgan fingerprint density at radius 2 is 2.11 bits per heavy atom. The van der Waals surface area contributed by atoms with Crippen LogP contribution in [0.5, 0.6) is 0 Å². The topological polar surface area (TPSA) is 37.4 Å². The lowest BCUT2D eigenvalue weighted by molar-refractivity contribution is -0.182. The molecule has 0 amide bonds. The fraction of sp³-hybridized carbons (Fsp3) is 0.600. The van der Waals surface area contributed by atoms with Gasteiger partial charge in [-0.2, -0.15) is 17.5 Å². The van der Waals surface area contributed by atoms with E-state index in [9.17, 15) is 21.6 Å². The van der Waals surface area contributed by atoms with Gasteiger partial charge in [0.05, 0.1) is 5.92 Å². The molecule has 1 aromatic rings. The Balaban J connectivity index is 2.25. The SMILES string of the molecule is O=S(=O)(c1sccc1Br)N1CCCC(C(F)(F)F)C1. The fourth-order valence-corrected chi connectivity index (χ4v) is 5.98. The van der Waals surface area contributed by atoms with Gasteiger partial charge < -0.3 is 0 Å². The quantitative estimate of drug-likeness (QED) is 0.791. The molecule has 0 bridgehead atoms. The van der Waals surface area contributed by atoms with Crippen molar-refractivity contribution in [3.63, 3.8) is 0 Å². The number of nitrogens with zero attached hydrogens (tertiary/aromatic N) is 1. The van der Waals surface area contributed by atoms with Gasteiger partial charge in [0.15, 0.2) is 0 Å². The first-order valence-corrected chi connectivity index (χ1v) is 8.64. The van der Waals surface area contributed by atoms with Crippen LogP contribution in [0.15, 0.2) is 20.1 Å². The van der Waals surface area contributed by atoms with Gasteiger partial charge in [-0.25, -0.2) is 8.42 Å². The molecule has 2 rings (SSSR count). The van der Waals surface area contributed by atoms with Crippen LogP contribution in [0.2, 0.25) is 0 Å². The molecule has 1 aliphatic heterocycles. The van der Waals surface area contributed by atoms with Crippen LogP contribution < -0.4 is 0 Å². The summed E-state index contributed by atoms with van der Waals surface area (Å²) in [7, 11) is -3.84. The van der Waals surface area contributed by atoms with Crippen molar-refractivity contribution in [2.45, 2.75) is 23.2 Å². The molecule has 0 spiro atoms. The van der Waals surface area contributed by atoms with Crippen LogP contribution in [-0.2, 0) is 10.0 Å². The minimum Gasteiger partial charge on any atom is -0.206 e. The van der Waals surface area contributed by atoms with Crippen LogP contribution in [0.4, 0.5) is 13.2 Å². The van der Waals surface area contributed by atoms with Gasteiger partial charge in [0.25, 0.3) is 10.0 Å². The molecule has 108 valence electrons. The Morgan fingerprint density at radius 1 is 1.42 bits per heavy atom. The van der Waals surface area contributed by atoms with Crippen LogP contribution in [-0.4, -0.2) is 32.0 Å². The molecule has 0 saturated carbocycles. The van der Waals surface area contributed by atoms with Crippen molar-refractivity contribution < 1.29 is 21.6 Å². The highest BCUT2D eigenvalue weighted by Gasteiger charge is 2.44. The summed E-state index contributed by atoms with van der Waals surface area (Å²) in [5.74, 6) is -1.57. The van der Waals surface area contributed by atoms with E-state index in [0.717, 1.165) is 15.6 Å². The lowest BCUT2D eigenvalue weighted by Crippen LogP contribution is -2.44. The molecule has 19 heavy (non-hydrogen) atoms. The zero-order valence-corrected chi connectivity index (χ0v) is 12.9. The Labute approximate surface area is 121 Å². The smallest absolute Gasteiger partial charge is 0.206 e. The minimum atomic E-state index is -4.35. The molecule has 3 nitrogen and oxygen atoms in total.